The minimum atomic E-state index is 0.558. The first-order valence-electron chi connectivity index (χ1n) is 7.37. The van der Waals surface area contributed by atoms with Gasteiger partial charge in [0, 0.05) is 30.9 Å². The predicted octanol–water partition coefficient (Wildman–Crippen LogP) is 3.17. The van der Waals surface area contributed by atoms with Crippen LogP contribution in [0.1, 0.15) is 57.7 Å². The van der Waals surface area contributed by atoms with Crippen LogP contribution in [0.25, 0.3) is 0 Å². The third-order valence-electron chi connectivity index (χ3n) is 4.82. The zero-order valence-corrected chi connectivity index (χ0v) is 11.7. The van der Waals surface area contributed by atoms with Crippen molar-refractivity contribution in [1.29, 1.82) is 0 Å². The van der Waals surface area contributed by atoms with Gasteiger partial charge in [0.25, 0.3) is 0 Å². The molecule has 0 spiro atoms. The fourth-order valence-corrected chi connectivity index (χ4v) is 3.77. The van der Waals surface area contributed by atoms with Crippen molar-refractivity contribution in [2.75, 3.05) is 13.1 Å². The van der Waals surface area contributed by atoms with Gasteiger partial charge in [-0.2, -0.15) is 0 Å². The van der Waals surface area contributed by atoms with E-state index in [1.807, 2.05) is 12.4 Å². The van der Waals surface area contributed by atoms with Gasteiger partial charge in [-0.25, -0.2) is 4.98 Å². The van der Waals surface area contributed by atoms with Crippen LogP contribution in [-0.2, 0) is 0 Å². The lowest BCUT2D eigenvalue weighted by molar-refractivity contribution is 0.140. The Hall–Kier alpha value is -0.830. The fraction of sp³-hybridized carbons (Fsp3) is 0.800. The number of aromatic amines is 1. The van der Waals surface area contributed by atoms with Crippen molar-refractivity contribution >= 4 is 0 Å². The van der Waals surface area contributed by atoms with E-state index in [0.717, 1.165) is 6.04 Å². The Morgan fingerprint density at radius 1 is 1.39 bits per heavy atom. The van der Waals surface area contributed by atoms with E-state index in [1.165, 1.54) is 51.0 Å². The first kappa shape index (κ1) is 12.2. The van der Waals surface area contributed by atoms with Crippen LogP contribution in [-0.4, -0.2) is 34.0 Å². The molecule has 0 amide bonds. The molecule has 2 atom stereocenters. The Kier molecular flexibility index (Phi) is 3.18. The van der Waals surface area contributed by atoms with Gasteiger partial charge in [-0.05, 0) is 44.1 Å². The fourth-order valence-electron chi connectivity index (χ4n) is 3.77. The maximum Gasteiger partial charge on any atom is 0.110 e. The molecule has 0 bridgehead atoms. The Bertz CT molecular complexity index is 382. The van der Waals surface area contributed by atoms with Crippen LogP contribution in [0.4, 0.5) is 0 Å². The highest BCUT2D eigenvalue weighted by atomic mass is 15.2. The second kappa shape index (κ2) is 4.69. The lowest BCUT2D eigenvalue weighted by Gasteiger charge is -2.36. The van der Waals surface area contributed by atoms with Crippen molar-refractivity contribution < 1.29 is 0 Å². The first-order chi connectivity index (χ1) is 8.64. The molecule has 2 heterocycles. The lowest BCUT2D eigenvalue weighted by atomic mass is 9.90. The highest BCUT2D eigenvalue weighted by Gasteiger charge is 2.36. The van der Waals surface area contributed by atoms with Gasteiger partial charge in [0.1, 0.15) is 5.82 Å². The number of piperidine rings is 1. The average Bonchev–Trinajstić information content (AvgIpc) is 2.98. The number of rotatable bonds is 2. The van der Waals surface area contributed by atoms with Crippen LogP contribution in [0.2, 0.25) is 0 Å². The van der Waals surface area contributed by atoms with Gasteiger partial charge in [0.2, 0.25) is 0 Å². The summed E-state index contributed by atoms with van der Waals surface area (Å²) in [4.78, 5) is 10.5. The van der Waals surface area contributed by atoms with E-state index in [-0.39, 0.29) is 0 Å². The standard InChI is InChI=1S/C15H25N3/c1-15(2)6-5-13(10-15)18-9-3-4-12(11-18)14-16-7-8-17-14/h7-8,12-13H,3-6,9-11H2,1-2H3,(H,16,17)/t12-,13-/m1/s1. The van der Waals surface area contributed by atoms with E-state index in [9.17, 15) is 0 Å². The number of nitrogens with zero attached hydrogens (tertiary/aromatic N) is 2. The second-order valence-corrected chi connectivity index (χ2v) is 6.87. The Balaban J connectivity index is 1.64. The predicted molar refractivity (Wildman–Crippen MR) is 73.6 cm³/mol. The summed E-state index contributed by atoms with van der Waals surface area (Å²) in [5.41, 5.74) is 0.558. The SMILES string of the molecule is CC1(C)CC[C@@H](N2CCC[C@@H](c3ncc[nH]3)C2)C1. The molecule has 2 fully saturated rings. The molecule has 3 nitrogen and oxygen atoms in total. The molecule has 0 unspecified atom stereocenters. The third kappa shape index (κ3) is 2.46. The summed E-state index contributed by atoms with van der Waals surface area (Å²) in [5, 5.41) is 0. The quantitative estimate of drug-likeness (QED) is 0.870. The maximum absolute atomic E-state index is 4.45. The maximum atomic E-state index is 4.45. The Morgan fingerprint density at radius 3 is 2.94 bits per heavy atom. The van der Waals surface area contributed by atoms with Crippen molar-refractivity contribution in [2.24, 2.45) is 5.41 Å². The van der Waals surface area contributed by atoms with Crippen molar-refractivity contribution in [3.63, 3.8) is 0 Å². The highest BCUT2D eigenvalue weighted by Crippen LogP contribution is 2.41. The summed E-state index contributed by atoms with van der Waals surface area (Å²) in [6.07, 6.45) is 10.6. The third-order valence-corrected chi connectivity index (χ3v) is 4.82. The van der Waals surface area contributed by atoms with Crippen molar-refractivity contribution in [3.05, 3.63) is 18.2 Å². The van der Waals surface area contributed by atoms with Crippen LogP contribution in [0, 0.1) is 5.41 Å². The largest absolute Gasteiger partial charge is 0.348 e. The smallest absolute Gasteiger partial charge is 0.110 e. The normalized spacial score (nSPS) is 32.8. The Labute approximate surface area is 110 Å². The topological polar surface area (TPSA) is 31.9 Å². The summed E-state index contributed by atoms with van der Waals surface area (Å²) in [7, 11) is 0. The molecule has 1 N–H and O–H groups in total. The summed E-state index contributed by atoms with van der Waals surface area (Å²) >= 11 is 0. The molecule has 1 saturated heterocycles. The van der Waals surface area contributed by atoms with E-state index in [4.69, 9.17) is 0 Å². The number of likely N-dealkylation sites (tertiary alicyclic amines) is 1. The summed E-state index contributed by atoms with van der Waals surface area (Å²) in [6.45, 7) is 7.33. The van der Waals surface area contributed by atoms with Crippen LogP contribution >= 0.6 is 0 Å². The van der Waals surface area contributed by atoms with E-state index < -0.39 is 0 Å². The van der Waals surface area contributed by atoms with Crippen molar-refractivity contribution in [2.45, 2.75) is 57.9 Å². The molecule has 18 heavy (non-hydrogen) atoms. The second-order valence-electron chi connectivity index (χ2n) is 6.87. The summed E-state index contributed by atoms with van der Waals surface area (Å²) < 4.78 is 0. The van der Waals surface area contributed by atoms with E-state index >= 15 is 0 Å². The molecule has 0 radical (unpaired) electrons. The van der Waals surface area contributed by atoms with Gasteiger partial charge in [-0.1, -0.05) is 13.8 Å². The number of hydrogen-bond donors (Lipinski definition) is 1. The molecular weight excluding hydrogens is 222 g/mol. The number of hydrogen-bond acceptors (Lipinski definition) is 2. The van der Waals surface area contributed by atoms with E-state index in [0.29, 0.717) is 11.3 Å². The van der Waals surface area contributed by atoms with Gasteiger partial charge in [0.15, 0.2) is 0 Å². The molecule has 1 aliphatic carbocycles. The first-order valence-corrected chi connectivity index (χ1v) is 7.37. The van der Waals surface area contributed by atoms with Gasteiger partial charge in [0.05, 0.1) is 0 Å². The number of H-pyrrole nitrogens is 1. The number of nitrogens with one attached hydrogen (secondary N) is 1. The zero-order valence-electron chi connectivity index (χ0n) is 11.7. The van der Waals surface area contributed by atoms with E-state index in [2.05, 4.69) is 28.7 Å². The van der Waals surface area contributed by atoms with Crippen LogP contribution in [0.3, 0.4) is 0 Å². The molecule has 3 heteroatoms. The van der Waals surface area contributed by atoms with Crippen LogP contribution in [0.15, 0.2) is 12.4 Å². The molecule has 1 saturated carbocycles. The lowest BCUT2D eigenvalue weighted by Crippen LogP contribution is -2.41. The van der Waals surface area contributed by atoms with Gasteiger partial charge in [-0.15, -0.1) is 0 Å². The monoisotopic (exact) mass is 247 g/mol. The van der Waals surface area contributed by atoms with Crippen molar-refractivity contribution in [1.82, 2.24) is 14.9 Å². The highest BCUT2D eigenvalue weighted by molar-refractivity contribution is 5.01. The molecule has 2 aliphatic rings. The molecule has 1 aromatic rings. The molecule has 0 aromatic carbocycles. The number of aromatic nitrogens is 2. The van der Waals surface area contributed by atoms with Gasteiger partial charge < -0.3 is 4.98 Å². The average molecular weight is 247 g/mol. The molecular formula is C15H25N3. The van der Waals surface area contributed by atoms with Gasteiger partial charge in [-0.3, -0.25) is 4.90 Å². The zero-order chi connectivity index (χ0) is 12.6. The minimum absolute atomic E-state index is 0.558. The van der Waals surface area contributed by atoms with Crippen LogP contribution < -0.4 is 0 Å². The molecule has 1 aliphatic heterocycles. The van der Waals surface area contributed by atoms with Gasteiger partial charge >= 0.3 is 0 Å². The van der Waals surface area contributed by atoms with Crippen molar-refractivity contribution in [3.8, 4) is 0 Å². The Morgan fingerprint density at radius 2 is 2.28 bits per heavy atom. The summed E-state index contributed by atoms with van der Waals surface area (Å²) in [6, 6.07) is 0.817. The molecule has 100 valence electrons. The van der Waals surface area contributed by atoms with Crippen LogP contribution in [0.5, 0.6) is 0 Å². The summed E-state index contributed by atoms with van der Waals surface area (Å²) in [5.74, 6) is 1.81. The number of imidazole rings is 1. The van der Waals surface area contributed by atoms with E-state index in [1.54, 1.807) is 0 Å². The minimum Gasteiger partial charge on any atom is -0.348 e. The molecule has 3 rings (SSSR count). The molecule has 1 aromatic heterocycles.